The predicted molar refractivity (Wildman–Crippen MR) is 73.3 cm³/mol. The molecule has 0 spiro atoms. The van der Waals surface area contributed by atoms with Gasteiger partial charge in [-0.15, -0.1) is 0 Å². The van der Waals surface area contributed by atoms with Crippen molar-refractivity contribution in [2.45, 2.75) is 0 Å². The quantitative estimate of drug-likeness (QED) is 0.726. The fourth-order valence-electron chi connectivity index (χ4n) is 2.04. The van der Waals surface area contributed by atoms with Crippen LogP contribution >= 0.6 is 0 Å². The summed E-state index contributed by atoms with van der Waals surface area (Å²) in [6.07, 6.45) is 3.09. The highest BCUT2D eigenvalue weighted by Crippen LogP contribution is 2.25. The zero-order valence-electron chi connectivity index (χ0n) is 10.4. The van der Waals surface area contributed by atoms with E-state index >= 15 is 0 Å². The lowest BCUT2D eigenvalue weighted by Crippen LogP contribution is -2.00. The number of nitrogen functional groups attached to an aromatic ring is 1. The average Bonchev–Trinajstić information content (AvgIpc) is 2.91. The van der Waals surface area contributed by atoms with E-state index in [4.69, 9.17) is 5.73 Å². The molecule has 0 bridgehead atoms. The van der Waals surface area contributed by atoms with Crippen LogP contribution in [0.25, 0.3) is 16.9 Å². The standard InChI is InChI=1S/C15H11F2N3/c16-11-3-1-10(2-4-11)15-8-19-9-20(15)14-7-12(18)5-6-13(14)17/h1-9H,18H2. The highest BCUT2D eigenvalue weighted by molar-refractivity contribution is 5.63. The Hall–Kier alpha value is -2.69. The summed E-state index contributed by atoms with van der Waals surface area (Å²) >= 11 is 0. The zero-order chi connectivity index (χ0) is 14.1. The van der Waals surface area contributed by atoms with Gasteiger partial charge in [0.05, 0.1) is 23.9 Å². The fraction of sp³-hybridized carbons (Fsp3) is 0. The second-order valence-electron chi connectivity index (χ2n) is 4.37. The lowest BCUT2D eigenvalue weighted by molar-refractivity contribution is 0.618. The minimum Gasteiger partial charge on any atom is -0.399 e. The summed E-state index contributed by atoms with van der Waals surface area (Å²) in [7, 11) is 0. The highest BCUT2D eigenvalue weighted by atomic mass is 19.1. The predicted octanol–water partition coefficient (Wildman–Crippen LogP) is 3.40. The largest absolute Gasteiger partial charge is 0.399 e. The van der Waals surface area contributed by atoms with Crippen LogP contribution in [0.15, 0.2) is 55.0 Å². The number of nitrogens with two attached hydrogens (primary N) is 1. The van der Waals surface area contributed by atoms with Gasteiger partial charge in [-0.3, -0.25) is 4.57 Å². The van der Waals surface area contributed by atoms with E-state index in [1.54, 1.807) is 22.9 Å². The molecule has 0 unspecified atom stereocenters. The van der Waals surface area contributed by atoms with Crippen molar-refractivity contribution >= 4 is 5.69 Å². The number of hydrogen-bond acceptors (Lipinski definition) is 2. The van der Waals surface area contributed by atoms with E-state index in [2.05, 4.69) is 4.98 Å². The minimum absolute atomic E-state index is 0.307. The van der Waals surface area contributed by atoms with E-state index < -0.39 is 5.82 Å². The van der Waals surface area contributed by atoms with E-state index in [0.29, 0.717) is 17.1 Å². The van der Waals surface area contributed by atoms with Gasteiger partial charge in [0, 0.05) is 11.3 Å². The Bertz CT molecular complexity index is 748. The molecule has 0 saturated carbocycles. The molecule has 20 heavy (non-hydrogen) atoms. The van der Waals surface area contributed by atoms with Crippen LogP contribution in [0.5, 0.6) is 0 Å². The van der Waals surface area contributed by atoms with E-state index in [0.717, 1.165) is 5.56 Å². The van der Waals surface area contributed by atoms with Gasteiger partial charge in [-0.25, -0.2) is 13.8 Å². The molecule has 3 rings (SSSR count). The maximum Gasteiger partial charge on any atom is 0.147 e. The summed E-state index contributed by atoms with van der Waals surface area (Å²) < 4.78 is 28.5. The van der Waals surface area contributed by atoms with Gasteiger partial charge in [-0.05, 0) is 42.5 Å². The van der Waals surface area contributed by atoms with E-state index in [-0.39, 0.29) is 5.82 Å². The summed E-state index contributed by atoms with van der Waals surface area (Å²) in [6.45, 7) is 0. The molecule has 2 aromatic carbocycles. The van der Waals surface area contributed by atoms with Crippen LogP contribution in [0.4, 0.5) is 14.5 Å². The van der Waals surface area contributed by atoms with Crippen LogP contribution in [0.1, 0.15) is 0 Å². The highest BCUT2D eigenvalue weighted by Gasteiger charge is 2.11. The minimum atomic E-state index is -0.402. The molecule has 3 nitrogen and oxygen atoms in total. The van der Waals surface area contributed by atoms with Crippen molar-refractivity contribution in [1.82, 2.24) is 9.55 Å². The molecule has 100 valence electrons. The molecule has 0 aliphatic heterocycles. The Labute approximate surface area is 114 Å². The first kappa shape index (κ1) is 12.3. The van der Waals surface area contributed by atoms with Crippen molar-refractivity contribution in [3.8, 4) is 16.9 Å². The maximum absolute atomic E-state index is 13.9. The third-order valence-electron chi connectivity index (χ3n) is 3.01. The lowest BCUT2D eigenvalue weighted by atomic mass is 10.1. The van der Waals surface area contributed by atoms with Crippen molar-refractivity contribution in [2.75, 3.05) is 5.73 Å². The first-order valence-electron chi connectivity index (χ1n) is 5.99. The molecule has 1 heterocycles. The number of halogens is 2. The van der Waals surface area contributed by atoms with E-state index in [1.165, 1.54) is 36.7 Å². The summed E-state index contributed by atoms with van der Waals surface area (Å²) in [5, 5.41) is 0. The third-order valence-corrected chi connectivity index (χ3v) is 3.01. The average molecular weight is 271 g/mol. The van der Waals surface area contributed by atoms with E-state index in [9.17, 15) is 8.78 Å². The number of imidazole rings is 1. The van der Waals surface area contributed by atoms with E-state index in [1.807, 2.05) is 0 Å². The van der Waals surface area contributed by atoms with Gasteiger partial charge in [0.15, 0.2) is 0 Å². The van der Waals surface area contributed by atoms with Crippen LogP contribution < -0.4 is 5.73 Å². The zero-order valence-corrected chi connectivity index (χ0v) is 10.4. The molecule has 0 atom stereocenters. The molecule has 0 aliphatic rings. The van der Waals surface area contributed by atoms with Gasteiger partial charge < -0.3 is 5.73 Å². The second-order valence-corrected chi connectivity index (χ2v) is 4.37. The molecule has 2 N–H and O–H groups in total. The van der Waals surface area contributed by atoms with Crippen molar-refractivity contribution < 1.29 is 8.78 Å². The van der Waals surface area contributed by atoms with Crippen LogP contribution in [-0.4, -0.2) is 9.55 Å². The molecule has 0 aliphatic carbocycles. The summed E-state index contributed by atoms with van der Waals surface area (Å²) in [6, 6.07) is 10.3. The first-order chi connectivity index (χ1) is 9.65. The number of benzene rings is 2. The molecular weight excluding hydrogens is 260 g/mol. The Morgan fingerprint density at radius 1 is 1.00 bits per heavy atom. The number of anilines is 1. The van der Waals surface area contributed by atoms with Crippen molar-refractivity contribution in [3.05, 3.63) is 66.6 Å². The smallest absolute Gasteiger partial charge is 0.147 e. The number of hydrogen-bond donors (Lipinski definition) is 1. The lowest BCUT2D eigenvalue weighted by Gasteiger charge is -2.10. The topological polar surface area (TPSA) is 43.8 Å². The monoisotopic (exact) mass is 271 g/mol. The molecule has 0 fully saturated rings. The van der Waals surface area contributed by atoms with Gasteiger partial charge in [-0.1, -0.05) is 0 Å². The molecule has 3 aromatic rings. The van der Waals surface area contributed by atoms with Gasteiger partial charge >= 0.3 is 0 Å². The van der Waals surface area contributed by atoms with Crippen LogP contribution in [-0.2, 0) is 0 Å². The number of aromatic nitrogens is 2. The molecule has 0 amide bonds. The van der Waals surface area contributed by atoms with Crippen LogP contribution in [0.2, 0.25) is 0 Å². The molecule has 0 radical (unpaired) electrons. The van der Waals surface area contributed by atoms with Gasteiger partial charge in [0.25, 0.3) is 0 Å². The van der Waals surface area contributed by atoms with Crippen molar-refractivity contribution in [1.29, 1.82) is 0 Å². The fourth-order valence-corrected chi connectivity index (χ4v) is 2.04. The first-order valence-corrected chi connectivity index (χ1v) is 5.99. The molecule has 5 heteroatoms. The van der Waals surface area contributed by atoms with Gasteiger partial charge in [-0.2, -0.15) is 0 Å². The SMILES string of the molecule is Nc1ccc(F)c(-n2cncc2-c2ccc(F)cc2)c1. The molecule has 1 aromatic heterocycles. The number of nitrogens with zero attached hydrogens (tertiary/aromatic N) is 2. The summed E-state index contributed by atoms with van der Waals surface area (Å²) in [5.41, 5.74) is 7.86. The van der Waals surface area contributed by atoms with Crippen LogP contribution in [0.3, 0.4) is 0 Å². The molecular formula is C15H11F2N3. The Morgan fingerprint density at radius 2 is 1.75 bits per heavy atom. The summed E-state index contributed by atoms with van der Waals surface area (Å²) in [5.74, 6) is -0.726. The van der Waals surface area contributed by atoms with Gasteiger partial charge in [0.2, 0.25) is 0 Å². The summed E-state index contributed by atoms with van der Waals surface area (Å²) in [4.78, 5) is 4.03. The maximum atomic E-state index is 13.9. The third kappa shape index (κ3) is 2.14. The normalized spacial score (nSPS) is 10.7. The Balaban J connectivity index is 2.15. The Morgan fingerprint density at radius 3 is 2.50 bits per heavy atom. The Kier molecular flexibility index (Phi) is 2.95. The second kappa shape index (κ2) is 4.77. The number of rotatable bonds is 2. The molecule has 0 saturated heterocycles. The van der Waals surface area contributed by atoms with Gasteiger partial charge in [0.1, 0.15) is 11.6 Å². The van der Waals surface area contributed by atoms with Crippen LogP contribution in [0, 0.1) is 11.6 Å². The van der Waals surface area contributed by atoms with Crippen molar-refractivity contribution in [2.24, 2.45) is 0 Å². The van der Waals surface area contributed by atoms with Crippen molar-refractivity contribution in [3.63, 3.8) is 0 Å².